The molecule has 2 heterocycles. The average molecular weight is 391 g/mol. The molecule has 2 aliphatic rings. The largest absolute Gasteiger partial charge is 0.494 e. The third kappa shape index (κ3) is 3.61. The van der Waals surface area contributed by atoms with Crippen LogP contribution in [0.4, 0.5) is 15.8 Å². The number of hydrogen-bond donors (Lipinski definition) is 2. The Labute approximate surface area is 170 Å². The lowest BCUT2D eigenvalue weighted by molar-refractivity contribution is 0.202. The van der Waals surface area contributed by atoms with E-state index in [9.17, 15) is 9.50 Å². The van der Waals surface area contributed by atoms with Crippen molar-refractivity contribution in [3.8, 4) is 5.88 Å². The van der Waals surface area contributed by atoms with Crippen LogP contribution >= 0.6 is 0 Å². The predicted molar refractivity (Wildman–Crippen MR) is 116 cm³/mol. The molecule has 1 saturated heterocycles. The SMILES string of the molecule is Oc1[nH]c2ccc(F)cc2c1C=Nc1ccc(N2CCC3CCCCC3C2)cc1. The van der Waals surface area contributed by atoms with Crippen molar-refractivity contribution < 1.29 is 9.50 Å². The van der Waals surface area contributed by atoms with Crippen molar-refractivity contribution in [3.63, 3.8) is 0 Å². The second kappa shape index (κ2) is 7.54. The van der Waals surface area contributed by atoms with Crippen LogP contribution in [0, 0.1) is 17.7 Å². The summed E-state index contributed by atoms with van der Waals surface area (Å²) < 4.78 is 13.6. The highest BCUT2D eigenvalue weighted by Crippen LogP contribution is 2.37. The van der Waals surface area contributed by atoms with Gasteiger partial charge in [-0.3, -0.25) is 4.99 Å². The molecule has 2 N–H and O–H groups in total. The molecule has 2 aromatic carbocycles. The molecule has 29 heavy (non-hydrogen) atoms. The van der Waals surface area contributed by atoms with Crippen molar-refractivity contribution in [1.82, 2.24) is 4.98 Å². The monoisotopic (exact) mass is 391 g/mol. The highest BCUT2D eigenvalue weighted by molar-refractivity contribution is 6.02. The minimum absolute atomic E-state index is 0.00123. The van der Waals surface area contributed by atoms with E-state index < -0.39 is 0 Å². The summed E-state index contributed by atoms with van der Waals surface area (Å²) in [6.45, 7) is 2.31. The van der Waals surface area contributed by atoms with Crippen molar-refractivity contribution in [2.75, 3.05) is 18.0 Å². The second-order valence-corrected chi connectivity index (χ2v) is 8.39. The smallest absolute Gasteiger partial charge is 0.198 e. The molecule has 3 aromatic rings. The first-order valence-corrected chi connectivity index (χ1v) is 10.6. The first-order chi connectivity index (χ1) is 14.2. The quantitative estimate of drug-likeness (QED) is 0.556. The molecular weight excluding hydrogens is 365 g/mol. The van der Waals surface area contributed by atoms with Crippen LogP contribution in [0.3, 0.4) is 0 Å². The lowest BCUT2D eigenvalue weighted by Crippen LogP contribution is -2.41. The maximum atomic E-state index is 13.6. The molecule has 4 nitrogen and oxygen atoms in total. The summed E-state index contributed by atoms with van der Waals surface area (Å²) in [7, 11) is 0. The van der Waals surface area contributed by atoms with Gasteiger partial charge in [0.1, 0.15) is 5.82 Å². The van der Waals surface area contributed by atoms with Crippen LogP contribution in [-0.4, -0.2) is 29.4 Å². The first kappa shape index (κ1) is 18.2. The molecule has 150 valence electrons. The summed E-state index contributed by atoms with van der Waals surface area (Å²) in [4.78, 5) is 9.86. The first-order valence-electron chi connectivity index (χ1n) is 10.6. The molecular formula is C24H26FN3O. The molecule has 1 aromatic heterocycles. The van der Waals surface area contributed by atoms with Crippen molar-refractivity contribution >= 4 is 28.5 Å². The van der Waals surface area contributed by atoms with Crippen molar-refractivity contribution in [2.45, 2.75) is 32.1 Å². The van der Waals surface area contributed by atoms with Crippen molar-refractivity contribution in [2.24, 2.45) is 16.8 Å². The molecule has 2 atom stereocenters. The number of aromatic nitrogens is 1. The number of halogens is 1. The number of benzene rings is 2. The minimum Gasteiger partial charge on any atom is -0.494 e. The van der Waals surface area contributed by atoms with Crippen molar-refractivity contribution in [1.29, 1.82) is 0 Å². The third-order valence-electron chi connectivity index (χ3n) is 6.63. The molecule has 0 spiro atoms. The second-order valence-electron chi connectivity index (χ2n) is 8.39. The van der Waals surface area contributed by atoms with Gasteiger partial charge in [-0.1, -0.05) is 19.3 Å². The van der Waals surface area contributed by atoms with E-state index in [2.05, 4.69) is 27.0 Å². The van der Waals surface area contributed by atoms with Gasteiger partial charge in [-0.15, -0.1) is 0 Å². The number of anilines is 1. The van der Waals surface area contributed by atoms with Crippen LogP contribution in [0.15, 0.2) is 47.5 Å². The third-order valence-corrected chi connectivity index (χ3v) is 6.63. The Morgan fingerprint density at radius 1 is 1.03 bits per heavy atom. The van der Waals surface area contributed by atoms with Crippen molar-refractivity contribution in [3.05, 3.63) is 53.8 Å². The van der Waals surface area contributed by atoms with Gasteiger partial charge in [-0.05, 0) is 67.1 Å². The van der Waals surface area contributed by atoms with Gasteiger partial charge in [0.2, 0.25) is 0 Å². The predicted octanol–water partition coefficient (Wildman–Crippen LogP) is 5.78. The molecule has 2 fully saturated rings. The zero-order valence-electron chi connectivity index (χ0n) is 16.4. The fourth-order valence-corrected chi connectivity index (χ4v) is 5.03. The van der Waals surface area contributed by atoms with Gasteiger partial charge < -0.3 is 15.0 Å². The Kier molecular flexibility index (Phi) is 4.74. The van der Waals surface area contributed by atoms with E-state index in [0.717, 1.165) is 24.1 Å². The number of nitrogens with zero attached hydrogens (tertiary/aromatic N) is 2. The van der Waals surface area contributed by atoms with E-state index in [1.165, 1.54) is 56.5 Å². The van der Waals surface area contributed by atoms with E-state index in [0.29, 0.717) is 16.5 Å². The van der Waals surface area contributed by atoms with E-state index in [1.54, 1.807) is 12.3 Å². The zero-order chi connectivity index (χ0) is 19.8. The van der Waals surface area contributed by atoms with Gasteiger partial charge in [0.05, 0.1) is 11.3 Å². The molecule has 5 rings (SSSR count). The Morgan fingerprint density at radius 3 is 2.66 bits per heavy atom. The Balaban J connectivity index is 1.32. The van der Waals surface area contributed by atoms with Gasteiger partial charge in [0, 0.05) is 35.9 Å². The maximum Gasteiger partial charge on any atom is 0.198 e. The van der Waals surface area contributed by atoms with Crippen LogP contribution in [0.5, 0.6) is 5.88 Å². The topological polar surface area (TPSA) is 51.6 Å². The average Bonchev–Trinajstić information content (AvgIpc) is 3.06. The molecule has 1 saturated carbocycles. The minimum atomic E-state index is -0.336. The standard InChI is InChI=1S/C24H26FN3O/c25-18-5-10-23-21(13-18)22(24(29)27-23)14-26-19-6-8-20(9-7-19)28-12-11-16-3-1-2-4-17(16)15-28/h5-10,13-14,16-17,27,29H,1-4,11-12,15H2. The number of piperidine rings is 1. The van der Waals surface area contributed by atoms with Gasteiger partial charge >= 0.3 is 0 Å². The summed E-state index contributed by atoms with van der Waals surface area (Å²) in [5, 5.41) is 10.8. The Hall–Kier alpha value is -2.82. The number of aromatic hydroxyl groups is 1. The summed E-state index contributed by atoms with van der Waals surface area (Å²) in [6.07, 6.45) is 8.48. The van der Waals surface area contributed by atoms with Crippen LogP contribution in [0.2, 0.25) is 0 Å². The van der Waals surface area contributed by atoms with Gasteiger partial charge in [-0.2, -0.15) is 0 Å². The molecule has 1 aliphatic heterocycles. The molecule has 0 radical (unpaired) electrons. The number of aliphatic imine (C=N–C) groups is 1. The highest BCUT2D eigenvalue weighted by atomic mass is 19.1. The molecule has 2 unspecified atom stereocenters. The fraction of sp³-hybridized carbons (Fsp3) is 0.375. The molecule has 0 bridgehead atoms. The van der Waals surface area contributed by atoms with E-state index >= 15 is 0 Å². The Morgan fingerprint density at radius 2 is 1.83 bits per heavy atom. The zero-order valence-corrected chi connectivity index (χ0v) is 16.4. The highest BCUT2D eigenvalue weighted by Gasteiger charge is 2.31. The Bertz CT molecular complexity index is 1040. The molecule has 5 heteroatoms. The van der Waals surface area contributed by atoms with Crippen LogP contribution in [-0.2, 0) is 0 Å². The number of fused-ring (bicyclic) bond motifs is 2. The number of nitrogens with one attached hydrogen (secondary N) is 1. The van der Waals surface area contributed by atoms with Gasteiger partial charge in [0.25, 0.3) is 0 Å². The van der Waals surface area contributed by atoms with Gasteiger partial charge in [-0.25, -0.2) is 4.39 Å². The van der Waals surface area contributed by atoms with E-state index in [4.69, 9.17) is 0 Å². The lowest BCUT2D eigenvalue weighted by atomic mass is 9.75. The maximum absolute atomic E-state index is 13.6. The summed E-state index contributed by atoms with van der Waals surface area (Å²) >= 11 is 0. The van der Waals surface area contributed by atoms with E-state index in [1.807, 2.05) is 12.1 Å². The number of rotatable bonds is 3. The van der Waals surface area contributed by atoms with Crippen LogP contribution < -0.4 is 4.90 Å². The summed E-state index contributed by atoms with van der Waals surface area (Å²) in [5.74, 6) is 1.44. The summed E-state index contributed by atoms with van der Waals surface area (Å²) in [5.41, 5.74) is 3.26. The lowest BCUT2D eigenvalue weighted by Gasteiger charge is -2.42. The number of H-pyrrole nitrogens is 1. The van der Waals surface area contributed by atoms with Gasteiger partial charge in [0.15, 0.2) is 5.88 Å². The summed E-state index contributed by atoms with van der Waals surface area (Å²) in [6, 6.07) is 12.7. The van der Waals surface area contributed by atoms with E-state index in [-0.39, 0.29) is 11.7 Å². The number of aromatic amines is 1. The molecule has 0 amide bonds. The molecule has 1 aliphatic carbocycles. The van der Waals surface area contributed by atoms with Crippen LogP contribution in [0.25, 0.3) is 10.9 Å². The fourth-order valence-electron chi connectivity index (χ4n) is 5.03. The number of hydrogen-bond acceptors (Lipinski definition) is 3. The van der Waals surface area contributed by atoms with Crippen LogP contribution in [0.1, 0.15) is 37.7 Å². The normalized spacial score (nSPS) is 22.3.